The van der Waals surface area contributed by atoms with Crippen LogP contribution in [0.1, 0.15) is 45.5 Å². The number of carbonyl (C=O) groups excluding carboxylic acids is 1. The van der Waals surface area contributed by atoms with Gasteiger partial charge in [0.05, 0.1) is 17.2 Å². The van der Waals surface area contributed by atoms with Crippen molar-refractivity contribution in [1.82, 2.24) is 9.88 Å². The summed E-state index contributed by atoms with van der Waals surface area (Å²) in [6.07, 6.45) is -1.79. The van der Waals surface area contributed by atoms with E-state index in [1.54, 1.807) is 60.7 Å². The third-order valence-electron chi connectivity index (χ3n) is 7.92. The number of alkyl halides is 3. The van der Waals surface area contributed by atoms with E-state index in [4.69, 9.17) is 4.74 Å². The molecule has 8 heteroatoms. The fourth-order valence-electron chi connectivity index (χ4n) is 5.76. The van der Waals surface area contributed by atoms with Crippen LogP contribution in [0.4, 0.5) is 13.2 Å². The summed E-state index contributed by atoms with van der Waals surface area (Å²) in [6.45, 7) is 2.73. The van der Waals surface area contributed by atoms with Gasteiger partial charge in [-0.25, -0.2) is 0 Å². The summed E-state index contributed by atoms with van der Waals surface area (Å²) < 4.78 is 47.9. The van der Waals surface area contributed by atoms with Gasteiger partial charge in [-0.3, -0.25) is 14.7 Å². The van der Waals surface area contributed by atoms with E-state index in [0.29, 0.717) is 29.0 Å². The van der Waals surface area contributed by atoms with E-state index in [-0.39, 0.29) is 35.0 Å². The molecule has 0 saturated carbocycles. The summed E-state index contributed by atoms with van der Waals surface area (Å²) >= 11 is 0. The summed E-state index contributed by atoms with van der Waals surface area (Å²) in [5.74, 6) is 0.182. The maximum absolute atomic E-state index is 13.9. The molecule has 1 fully saturated rings. The number of aromatic nitrogens is 1. The number of aliphatic hydroxyl groups excluding tert-OH is 1. The van der Waals surface area contributed by atoms with E-state index in [9.17, 15) is 23.1 Å². The molecule has 1 atom stereocenters. The molecule has 44 heavy (non-hydrogen) atoms. The molecule has 1 aromatic heterocycles. The summed E-state index contributed by atoms with van der Waals surface area (Å²) in [7, 11) is 0. The number of ether oxygens (including phenoxy) is 1. The Balaban J connectivity index is 1.29. The van der Waals surface area contributed by atoms with Gasteiger partial charge >= 0.3 is 6.18 Å². The van der Waals surface area contributed by atoms with Crippen LogP contribution in [0, 0.1) is 0 Å². The second-order valence-corrected chi connectivity index (χ2v) is 11.1. The van der Waals surface area contributed by atoms with Gasteiger partial charge in [-0.15, -0.1) is 0 Å². The van der Waals surface area contributed by atoms with Crippen LogP contribution in [0.15, 0.2) is 103 Å². The van der Waals surface area contributed by atoms with Gasteiger partial charge in [0.25, 0.3) is 0 Å². The Bertz CT molecular complexity index is 1770. The normalized spacial score (nSPS) is 15.8. The van der Waals surface area contributed by atoms with Crippen LogP contribution in [-0.2, 0) is 19.3 Å². The Morgan fingerprint density at radius 1 is 0.932 bits per heavy atom. The van der Waals surface area contributed by atoms with Crippen molar-refractivity contribution in [2.45, 2.75) is 38.3 Å². The Kier molecular flexibility index (Phi) is 8.46. The Morgan fingerprint density at radius 2 is 1.68 bits per heavy atom. The van der Waals surface area contributed by atoms with Crippen LogP contribution in [0.2, 0.25) is 0 Å². The fourth-order valence-corrected chi connectivity index (χ4v) is 5.76. The molecule has 1 aliphatic heterocycles. The molecule has 2 heterocycles. The van der Waals surface area contributed by atoms with Crippen LogP contribution >= 0.6 is 0 Å². The second kappa shape index (κ2) is 12.6. The lowest BCUT2D eigenvalue weighted by atomic mass is 9.91. The predicted molar refractivity (Wildman–Crippen MR) is 163 cm³/mol. The number of para-hydroxylation sites is 1. The van der Waals surface area contributed by atoms with E-state index in [1.165, 1.54) is 12.3 Å². The van der Waals surface area contributed by atoms with Crippen molar-refractivity contribution >= 4 is 16.7 Å². The second-order valence-electron chi connectivity index (χ2n) is 11.1. The average Bonchev–Trinajstić information content (AvgIpc) is 3.03. The molecule has 1 aliphatic rings. The standard InChI is InChI=1S/C36H31F3N2O3/c37-36(38,39)32-13-5-12-30-33(31(20-40-34(30)32)35(43)26-7-2-1-3-8-26)27-9-4-11-29(19-27)44-23-25-16-14-24(15-17-25)21-41-18-6-10-28(42)22-41/h1-5,7-9,11-17,19-20,28,42H,6,10,18,21-23H2. The van der Waals surface area contributed by atoms with Gasteiger partial charge in [0, 0.05) is 41.4 Å². The number of pyridine rings is 1. The number of fused-ring (bicyclic) bond motifs is 1. The zero-order valence-electron chi connectivity index (χ0n) is 23.9. The lowest BCUT2D eigenvalue weighted by molar-refractivity contribution is -0.136. The summed E-state index contributed by atoms with van der Waals surface area (Å²) in [4.78, 5) is 20.0. The van der Waals surface area contributed by atoms with Gasteiger partial charge in [0.15, 0.2) is 5.78 Å². The van der Waals surface area contributed by atoms with Crippen molar-refractivity contribution in [3.8, 4) is 16.9 Å². The van der Waals surface area contributed by atoms with Crippen molar-refractivity contribution in [2.24, 2.45) is 0 Å². The van der Waals surface area contributed by atoms with E-state index in [0.717, 1.165) is 43.1 Å². The van der Waals surface area contributed by atoms with Gasteiger partial charge in [-0.1, -0.05) is 78.9 Å². The van der Waals surface area contributed by atoms with Gasteiger partial charge < -0.3 is 9.84 Å². The number of benzene rings is 4. The predicted octanol–water partition coefficient (Wildman–Crippen LogP) is 7.69. The van der Waals surface area contributed by atoms with Gasteiger partial charge in [0.1, 0.15) is 12.4 Å². The average molecular weight is 597 g/mol. The van der Waals surface area contributed by atoms with Crippen molar-refractivity contribution in [3.63, 3.8) is 0 Å². The zero-order chi connectivity index (χ0) is 30.7. The van der Waals surface area contributed by atoms with Crippen LogP contribution in [0.3, 0.4) is 0 Å². The third kappa shape index (κ3) is 6.51. The zero-order valence-corrected chi connectivity index (χ0v) is 23.9. The number of rotatable bonds is 8. The topological polar surface area (TPSA) is 62.7 Å². The van der Waals surface area contributed by atoms with Crippen LogP contribution < -0.4 is 4.74 Å². The maximum Gasteiger partial charge on any atom is 0.418 e. The molecule has 0 radical (unpaired) electrons. The maximum atomic E-state index is 13.9. The smallest absolute Gasteiger partial charge is 0.418 e. The molecule has 6 rings (SSSR count). The molecule has 5 nitrogen and oxygen atoms in total. The number of ketones is 1. The van der Waals surface area contributed by atoms with Crippen molar-refractivity contribution < 1.29 is 27.8 Å². The SMILES string of the molecule is O=C(c1ccccc1)c1cnc2c(C(F)(F)F)cccc2c1-c1cccc(OCc2ccc(CN3CCCC(O)C3)cc2)c1. The number of β-amino-alcohol motifs (C(OH)–C–C–N with tert-alkyl or cyclic N) is 1. The molecular weight excluding hydrogens is 565 g/mol. The molecule has 5 aromatic rings. The number of hydrogen-bond donors (Lipinski definition) is 1. The molecule has 0 spiro atoms. The van der Waals surface area contributed by atoms with E-state index < -0.39 is 11.7 Å². The lowest BCUT2D eigenvalue weighted by Gasteiger charge is -2.29. The first-order valence-corrected chi connectivity index (χ1v) is 14.6. The molecule has 1 unspecified atom stereocenters. The van der Waals surface area contributed by atoms with E-state index in [1.807, 2.05) is 12.1 Å². The van der Waals surface area contributed by atoms with Gasteiger partial charge in [-0.2, -0.15) is 13.2 Å². The van der Waals surface area contributed by atoms with Crippen LogP contribution in [0.5, 0.6) is 5.75 Å². The van der Waals surface area contributed by atoms with E-state index in [2.05, 4.69) is 22.0 Å². The molecule has 1 saturated heterocycles. The fraction of sp³-hybridized carbons (Fsp3) is 0.222. The summed E-state index contributed by atoms with van der Waals surface area (Å²) in [5, 5.41) is 10.2. The lowest BCUT2D eigenvalue weighted by Crippen LogP contribution is -2.37. The summed E-state index contributed by atoms with van der Waals surface area (Å²) in [5.41, 5.74) is 2.57. The van der Waals surface area contributed by atoms with Crippen LogP contribution in [0.25, 0.3) is 22.0 Å². The molecule has 0 amide bonds. The first-order chi connectivity index (χ1) is 21.3. The molecule has 4 aromatic carbocycles. The number of nitrogens with zero attached hydrogens (tertiary/aromatic N) is 2. The Morgan fingerprint density at radius 3 is 2.43 bits per heavy atom. The van der Waals surface area contributed by atoms with Crippen molar-refractivity contribution in [1.29, 1.82) is 0 Å². The van der Waals surface area contributed by atoms with Crippen LogP contribution in [-0.4, -0.2) is 40.0 Å². The first-order valence-electron chi connectivity index (χ1n) is 14.6. The minimum atomic E-state index is -4.61. The molecule has 1 N–H and O–H groups in total. The van der Waals surface area contributed by atoms with Crippen molar-refractivity contribution in [2.75, 3.05) is 13.1 Å². The molecular formula is C36H31F3N2O3. The number of halogens is 3. The first kappa shape index (κ1) is 29.5. The highest BCUT2D eigenvalue weighted by molar-refractivity contribution is 6.16. The molecule has 0 bridgehead atoms. The third-order valence-corrected chi connectivity index (χ3v) is 7.92. The minimum absolute atomic E-state index is 0.206. The van der Waals surface area contributed by atoms with Gasteiger partial charge in [-0.05, 0) is 54.3 Å². The number of piperidine rings is 1. The number of likely N-dealkylation sites (tertiary alicyclic amines) is 1. The minimum Gasteiger partial charge on any atom is -0.489 e. The quantitative estimate of drug-likeness (QED) is 0.186. The largest absolute Gasteiger partial charge is 0.489 e. The number of aliphatic hydroxyl groups is 1. The number of carbonyl (C=O) groups is 1. The Labute approximate surface area is 253 Å². The van der Waals surface area contributed by atoms with Gasteiger partial charge in [0.2, 0.25) is 0 Å². The number of hydrogen-bond acceptors (Lipinski definition) is 5. The Hall–Kier alpha value is -4.53. The van der Waals surface area contributed by atoms with E-state index >= 15 is 0 Å². The van der Waals surface area contributed by atoms with Crippen molar-refractivity contribution in [3.05, 3.63) is 131 Å². The highest BCUT2D eigenvalue weighted by Crippen LogP contribution is 2.39. The molecule has 0 aliphatic carbocycles. The highest BCUT2D eigenvalue weighted by atomic mass is 19.4. The monoisotopic (exact) mass is 596 g/mol. The summed E-state index contributed by atoms with van der Waals surface area (Å²) in [6, 6.07) is 27.7. The molecule has 224 valence electrons. The highest BCUT2D eigenvalue weighted by Gasteiger charge is 2.34.